The fourth-order valence-electron chi connectivity index (χ4n) is 1.93. The Balaban J connectivity index is 2.13. The van der Waals surface area contributed by atoms with E-state index in [2.05, 4.69) is 19.9 Å². The molecule has 19 heavy (non-hydrogen) atoms. The van der Waals surface area contributed by atoms with Gasteiger partial charge in [0.1, 0.15) is 12.2 Å². The van der Waals surface area contributed by atoms with Crippen molar-refractivity contribution in [3.63, 3.8) is 0 Å². The molecule has 0 saturated heterocycles. The number of nitrogen functional groups attached to an aromatic ring is 1. The van der Waals surface area contributed by atoms with Gasteiger partial charge in [-0.2, -0.15) is 4.98 Å². The third kappa shape index (κ3) is 1.77. The second-order valence-electron chi connectivity index (χ2n) is 4.07. The molecule has 0 atom stereocenters. The number of nitrogens with two attached hydrogens (primary N) is 1. The van der Waals surface area contributed by atoms with Crippen LogP contribution < -0.4 is 10.5 Å². The van der Waals surface area contributed by atoms with E-state index in [1.54, 1.807) is 10.8 Å². The number of anilines is 1. The van der Waals surface area contributed by atoms with E-state index in [9.17, 15) is 0 Å². The molecular weight excluding hydrogens is 246 g/mol. The molecule has 0 bridgehead atoms. The van der Waals surface area contributed by atoms with Crippen LogP contribution in [0, 0.1) is 0 Å². The first-order valence-corrected chi connectivity index (χ1v) is 5.67. The van der Waals surface area contributed by atoms with Crippen molar-refractivity contribution in [2.75, 3.05) is 12.8 Å². The van der Waals surface area contributed by atoms with Crippen LogP contribution in [0.15, 0.2) is 18.7 Å². The van der Waals surface area contributed by atoms with Crippen molar-refractivity contribution in [3.8, 4) is 5.88 Å². The lowest BCUT2D eigenvalue weighted by Gasteiger charge is -2.05. The fourth-order valence-corrected chi connectivity index (χ4v) is 1.93. The number of hydrogen-bond acceptors (Lipinski definition) is 6. The largest absolute Gasteiger partial charge is 0.479 e. The van der Waals surface area contributed by atoms with Crippen LogP contribution in [0.4, 0.5) is 5.95 Å². The van der Waals surface area contributed by atoms with E-state index in [-0.39, 0.29) is 0 Å². The molecule has 3 aromatic rings. The van der Waals surface area contributed by atoms with Crippen molar-refractivity contribution in [3.05, 3.63) is 24.5 Å². The molecule has 0 saturated carbocycles. The Morgan fingerprint density at radius 3 is 2.84 bits per heavy atom. The van der Waals surface area contributed by atoms with Gasteiger partial charge in [0.05, 0.1) is 13.7 Å². The van der Waals surface area contributed by atoms with Crippen LogP contribution in [0.1, 0.15) is 5.82 Å². The molecule has 2 N–H and O–H groups in total. The topological polar surface area (TPSA) is 96.7 Å². The van der Waals surface area contributed by atoms with Gasteiger partial charge in [-0.3, -0.25) is 4.57 Å². The number of imidazole rings is 2. The molecule has 98 valence electrons. The molecule has 0 amide bonds. The van der Waals surface area contributed by atoms with Gasteiger partial charge in [-0.1, -0.05) is 0 Å². The molecule has 0 aromatic carbocycles. The zero-order chi connectivity index (χ0) is 13.4. The van der Waals surface area contributed by atoms with E-state index in [4.69, 9.17) is 10.5 Å². The Morgan fingerprint density at radius 1 is 1.32 bits per heavy atom. The summed E-state index contributed by atoms with van der Waals surface area (Å²) in [6.45, 7) is 0.492. The molecule has 0 unspecified atom stereocenters. The van der Waals surface area contributed by atoms with Gasteiger partial charge in [-0.05, 0) is 0 Å². The summed E-state index contributed by atoms with van der Waals surface area (Å²) in [5.74, 6) is 1.63. The minimum Gasteiger partial charge on any atom is -0.479 e. The van der Waals surface area contributed by atoms with E-state index in [1.807, 2.05) is 17.8 Å². The molecule has 8 heteroatoms. The Bertz CT molecular complexity index is 730. The summed E-state index contributed by atoms with van der Waals surface area (Å²) in [5.41, 5.74) is 7.12. The van der Waals surface area contributed by atoms with Crippen molar-refractivity contribution in [1.29, 1.82) is 0 Å². The Kier molecular flexibility index (Phi) is 2.55. The number of nitrogens with zero attached hydrogens (tertiary/aromatic N) is 6. The number of hydrogen-bond donors (Lipinski definition) is 1. The van der Waals surface area contributed by atoms with Crippen LogP contribution in [-0.4, -0.2) is 36.2 Å². The summed E-state index contributed by atoms with van der Waals surface area (Å²) in [6, 6.07) is 0. The lowest BCUT2D eigenvalue weighted by Crippen LogP contribution is -2.09. The summed E-state index contributed by atoms with van der Waals surface area (Å²) in [7, 11) is 3.46. The molecule has 0 spiro atoms. The maximum Gasteiger partial charge on any atom is 0.245 e. The molecule has 3 heterocycles. The fraction of sp³-hybridized carbons (Fsp3) is 0.273. The number of ether oxygens (including phenoxy) is 1. The summed E-state index contributed by atoms with van der Waals surface area (Å²) in [5, 5.41) is 0. The second kappa shape index (κ2) is 4.23. The molecule has 3 aromatic heterocycles. The Labute approximate surface area is 108 Å². The second-order valence-corrected chi connectivity index (χ2v) is 4.07. The average Bonchev–Trinajstić information content (AvgIpc) is 2.95. The van der Waals surface area contributed by atoms with E-state index in [0.717, 1.165) is 5.82 Å². The monoisotopic (exact) mass is 259 g/mol. The lowest BCUT2D eigenvalue weighted by molar-refractivity contribution is 0.401. The van der Waals surface area contributed by atoms with Crippen molar-refractivity contribution in [2.45, 2.75) is 6.54 Å². The van der Waals surface area contributed by atoms with Crippen LogP contribution >= 0.6 is 0 Å². The van der Waals surface area contributed by atoms with Crippen molar-refractivity contribution < 1.29 is 4.74 Å². The summed E-state index contributed by atoms with van der Waals surface area (Å²) in [6.07, 6.45) is 5.04. The van der Waals surface area contributed by atoms with Gasteiger partial charge in [0.2, 0.25) is 11.8 Å². The van der Waals surface area contributed by atoms with Crippen LogP contribution in [0.25, 0.3) is 11.2 Å². The van der Waals surface area contributed by atoms with Crippen LogP contribution in [0.3, 0.4) is 0 Å². The van der Waals surface area contributed by atoms with Gasteiger partial charge in [0.15, 0.2) is 11.2 Å². The predicted octanol–water partition coefficient (Wildman–Crippen LogP) is 0.199. The number of methoxy groups -OCH3 is 1. The Morgan fingerprint density at radius 2 is 2.16 bits per heavy atom. The molecule has 3 rings (SSSR count). The minimum absolute atomic E-state index is 0.358. The standard InChI is InChI=1S/C11H13N7O/c1-17-4-3-13-7(17)5-18-9-8(16-11(18)12)10(19-2)15-6-14-9/h3-4,6H,5H2,1-2H3,(H2,12,16). The molecule has 0 aliphatic heterocycles. The first kappa shape index (κ1) is 11.5. The lowest BCUT2D eigenvalue weighted by atomic mass is 10.5. The zero-order valence-corrected chi connectivity index (χ0v) is 10.6. The van der Waals surface area contributed by atoms with Gasteiger partial charge in [-0.25, -0.2) is 15.0 Å². The third-order valence-corrected chi connectivity index (χ3v) is 2.94. The predicted molar refractivity (Wildman–Crippen MR) is 68.6 cm³/mol. The smallest absolute Gasteiger partial charge is 0.245 e. The minimum atomic E-state index is 0.358. The van der Waals surface area contributed by atoms with Gasteiger partial charge in [-0.15, -0.1) is 0 Å². The van der Waals surface area contributed by atoms with E-state index in [1.165, 1.54) is 13.4 Å². The van der Waals surface area contributed by atoms with Crippen LogP contribution in [0.5, 0.6) is 5.88 Å². The number of fused-ring (bicyclic) bond motifs is 1. The molecular formula is C11H13N7O. The molecule has 0 fully saturated rings. The normalized spacial score (nSPS) is 11.1. The SMILES string of the molecule is COc1ncnc2c1nc(N)n2Cc1nccn1C. The number of rotatable bonds is 3. The van der Waals surface area contributed by atoms with Gasteiger partial charge < -0.3 is 15.0 Å². The van der Waals surface area contributed by atoms with E-state index >= 15 is 0 Å². The van der Waals surface area contributed by atoms with Crippen molar-refractivity contribution >= 4 is 17.1 Å². The maximum absolute atomic E-state index is 5.94. The van der Waals surface area contributed by atoms with E-state index in [0.29, 0.717) is 29.5 Å². The average molecular weight is 259 g/mol. The molecule has 8 nitrogen and oxygen atoms in total. The quantitative estimate of drug-likeness (QED) is 0.721. The van der Waals surface area contributed by atoms with Gasteiger partial charge >= 0.3 is 0 Å². The van der Waals surface area contributed by atoms with Gasteiger partial charge in [0, 0.05) is 19.4 Å². The van der Waals surface area contributed by atoms with E-state index < -0.39 is 0 Å². The van der Waals surface area contributed by atoms with Crippen LogP contribution in [0.2, 0.25) is 0 Å². The number of aryl methyl sites for hydroxylation is 1. The molecule has 0 aliphatic rings. The molecule has 0 radical (unpaired) electrons. The molecule has 0 aliphatic carbocycles. The highest BCUT2D eigenvalue weighted by Gasteiger charge is 2.15. The summed E-state index contributed by atoms with van der Waals surface area (Å²) >= 11 is 0. The number of aromatic nitrogens is 6. The van der Waals surface area contributed by atoms with Crippen molar-refractivity contribution in [1.82, 2.24) is 29.1 Å². The zero-order valence-electron chi connectivity index (χ0n) is 10.6. The highest BCUT2D eigenvalue weighted by atomic mass is 16.5. The van der Waals surface area contributed by atoms with Gasteiger partial charge in [0.25, 0.3) is 0 Å². The summed E-state index contributed by atoms with van der Waals surface area (Å²) < 4.78 is 8.85. The maximum atomic E-state index is 5.94. The first-order chi connectivity index (χ1) is 9.20. The highest BCUT2D eigenvalue weighted by Crippen LogP contribution is 2.23. The van der Waals surface area contributed by atoms with Crippen LogP contribution in [-0.2, 0) is 13.6 Å². The Hall–Kier alpha value is -2.64. The first-order valence-electron chi connectivity index (χ1n) is 5.67. The van der Waals surface area contributed by atoms with Crippen molar-refractivity contribution in [2.24, 2.45) is 7.05 Å². The third-order valence-electron chi connectivity index (χ3n) is 2.94. The highest BCUT2D eigenvalue weighted by molar-refractivity contribution is 5.78. The summed E-state index contributed by atoms with van der Waals surface area (Å²) in [4.78, 5) is 16.7.